The summed E-state index contributed by atoms with van der Waals surface area (Å²) in [5, 5.41) is 3.88. The molecular formula is C14H15N3O2S. The molecule has 5 nitrogen and oxygen atoms in total. The first-order chi connectivity index (χ1) is 9.76. The highest BCUT2D eigenvalue weighted by molar-refractivity contribution is 7.99. The minimum absolute atomic E-state index is 0.595. The summed E-state index contributed by atoms with van der Waals surface area (Å²) in [6.07, 6.45) is 1.82. The quantitative estimate of drug-likeness (QED) is 0.877. The van der Waals surface area contributed by atoms with E-state index in [4.69, 9.17) is 9.47 Å². The summed E-state index contributed by atoms with van der Waals surface area (Å²) in [5.41, 5.74) is 1.05. The van der Waals surface area contributed by atoms with E-state index in [9.17, 15) is 0 Å². The average molecular weight is 289 g/mol. The maximum absolute atomic E-state index is 5.59. The summed E-state index contributed by atoms with van der Waals surface area (Å²) in [5.74, 6) is 2.22. The molecule has 0 saturated heterocycles. The van der Waals surface area contributed by atoms with Gasteiger partial charge in [-0.3, -0.25) is 0 Å². The van der Waals surface area contributed by atoms with E-state index in [0.29, 0.717) is 19.2 Å². The van der Waals surface area contributed by atoms with Gasteiger partial charge in [0, 0.05) is 23.7 Å². The first-order valence-corrected chi connectivity index (χ1v) is 7.17. The Bertz CT molecular complexity index is 634. The number of rotatable bonds is 3. The third-order valence-electron chi connectivity index (χ3n) is 2.88. The second-order valence-corrected chi connectivity index (χ2v) is 5.40. The number of hydrogen-bond donors (Lipinski definition) is 1. The number of ether oxygens (including phenoxy) is 2. The van der Waals surface area contributed by atoms with Gasteiger partial charge in [-0.15, -0.1) is 0 Å². The van der Waals surface area contributed by atoms with Gasteiger partial charge in [-0.1, -0.05) is 11.8 Å². The van der Waals surface area contributed by atoms with Crippen LogP contribution in [0.25, 0.3) is 0 Å². The standard InChI is InChI=1S/C14H15N3O2S/c1-9-8-16-14(15-2)17-13(9)20-10-3-4-11-12(7-10)19-6-5-18-11/h3-4,7-8H,5-6H2,1-2H3,(H,15,16,17). The minimum Gasteiger partial charge on any atom is -0.486 e. The Morgan fingerprint density at radius 2 is 2.00 bits per heavy atom. The monoisotopic (exact) mass is 289 g/mol. The molecule has 2 aromatic rings. The lowest BCUT2D eigenvalue weighted by atomic mass is 10.3. The molecule has 104 valence electrons. The zero-order valence-corrected chi connectivity index (χ0v) is 12.2. The van der Waals surface area contributed by atoms with Gasteiger partial charge in [0.2, 0.25) is 5.95 Å². The molecular weight excluding hydrogens is 274 g/mol. The molecule has 0 radical (unpaired) electrons. The van der Waals surface area contributed by atoms with Gasteiger partial charge in [0.05, 0.1) is 0 Å². The zero-order chi connectivity index (χ0) is 13.9. The molecule has 1 aromatic carbocycles. The Morgan fingerprint density at radius 1 is 1.20 bits per heavy atom. The van der Waals surface area contributed by atoms with E-state index in [2.05, 4.69) is 15.3 Å². The van der Waals surface area contributed by atoms with Crippen LogP contribution in [0, 0.1) is 6.92 Å². The molecule has 1 aliphatic heterocycles. The molecule has 0 atom stereocenters. The van der Waals surface area contributed by atoms with Gasteiger partial charge in [0.15, 0.2) is 11.5 Å². The summed E-state index contributed by atoms with van der Waals surface area (Å²) in [7, 11) is 1.81. The van der Waals surface area contributed by atoms with Crippen molar-refractivity contribution in [2.24, 2.45) is 0 Å². The summed E-state index contributed by atoms with van der Waals surface area (Å²) >= 11 is 1.59. The lowest BCUT2D eigenvalue weighted by Crippen LogP contribution is -2.15. The number of nitrogens with one attached hydrogen (secondary N) is 1. The summed E-state index contributed by atoms with van der Waals surface area (Å²) in [6, 6.07) is 5.94. The van der Waals surface area contributed by atoms with Crippen LogP contribution in [0.1, 0.15) is 5.56 Å². The van der Waals surface area contributed by atoms with E-state index < -0.39 is 0 Å². The lowest BCUT2D eigenvalue weighted by molar-refractivity contribution is 0.171. The third kappa shape index (κ3) is 2.65. The molecule has 2 heterocycles. The predicted molar refractivity (Wildman–Crippen MR) is 77.9 cm³/mol. The van der Waals surface area contributed by atoms with E-state index >= 15 is 0 Å². The number of aryl methyl sites for hydroxylation is 1. The molecule has 3 rings (SSSR count). The topological polar surface area (TPSA) is 56.3 Å². The first kappa shape index (κ1) is 13.1. The van der Waals surface area contributed by atoms with E-state index in [1.807, 2.05) is 38.4 Å². The van der Waals surface area contributed by atoms with Crippen LogP contribution in [0.3, 0.4) is 0 Å². The highest BCUT2D eigenvalue weighted by Crippen LogP contribution is 2.37. The Labute approximate surface area is 121 Å². The van der Waals surface area contributed by atoms with Crippen molar-refractivity contribution in [3.05, 3.63) is 30.0 Å². The molecule has 0 bridgehead atoms. The van der Waals surface area contributed by atoms with Crippen LogP contribution in [0.4, 0.5) is 5.95 Å². The van der Waals surface area contributed by atoms with Crippen LogP contribution in [0.5, 0.6) is 11.5 Å². The fourth-order valence-electron chi connectivity index (χ4n) is 1.85. The Balaban J connectivity index is 1.87. The number of nitrogens with zero attached hydrogens (tertiary/aromatic N) is 2. The van der Waals surface area contributed by atoms with E-state index in [-0.39, 0.29) is 0 Å². The van der Waals surface area contributed by atoms with Crippen LogP contribution in [0.15, 0.2) is 34.3 Å². The van der Waals surface area contributed by atoms with Gasteiger partial charge in [-0.25, -0.2) is 9.97 Å². The highest BCUT2D eigenvalue weighted by Gasteiger charge is 2.13. The maximum Gasteiger partial charge on any atom is 0.223 e. The minimum atomic E-state index is 0.595. The molecule has 0 fully saturated rings. The van der Waals surface area contributed by atoms with E-state index in [1.165, 1.54) is 0 Å². The van der Waals surface area contributed by atoms with Crippen LogP contribution >= 0.6 is 11.8 Å². The van der Waals surface area contributed by atoms with Gasteiger partial charge in [0.25, 0.3) is 0 Å². The van der Waals surface area contributed by atoms with Crippen molar-refractivity contribution in [2.75, 3.05) is 25.6 Å². The molecule has 20 heavy (non-hydrogen) atoms. The SMILES string of the molecule is CNc1ncc(C)c(Sc2ccc3c(c2)OCCO3)n1. The van der Waals surface area contributed by atoms with Gasteiger partial charge in [-0.05, 0) is 25.1 Å². The molecule has 0 amide bonds. The normalized spacial score (nSPS) is 13.1. The van der Waals surface area contributed by atoms with Crippen LogP contribution in [0.2, 0.25) is 0 Å². The Kier molecular flexibility index (Phi) is 3.64. The van der Waals surface area contributed by atoms with Crippen molar-refractivity contribution >= 4 is 17.7 Å². The van der Waals surface area contributed by atoms with Crippen molar-refractivity contribution < 1.29 is 9.47 Å². The van der Waals surface area contributed by atoms with E-state index in [1.54, 1.807) is 11.8 Å². The number of aromatic nitrogens is 2. The first-order valence-electron chi connectivity index (χ1n) is 6.35. The Morgan fingerprint density at radius 3 is 2.80 bits per heavy atom. The van der Waals surface area contributed by atoms with Crippen molar-refractivity contribution in [3.63, 3.8) is 0 Å². The zero-order valence-electron chi connectivity index (χ0n) is 11.3. The molecule has 1 N–H and O–H groups in total. The predicted octanol–water partition coefficient (Wildman–Crippen LogP) is 2.75. The highest BCUT2D eigenvalue weighted by atomic mass is 32.2. The maximum atomic E-state index is 5.59. The molecule has 0 spiro atoms. The third-order valence-corrected chi connectivity index (χ3v) is 3.97. The number of fused-ring (bicyclic) bond motifs is 1. The summed E-state index contributed by atoms with van der Waals surface area (Å²) < 4.78 is 11.1. The van der Waals surface area contributed by atoms with Gasteiger partial charge in [-0.2, -0.15) is 0 Å². The fourth-order valence-corrected chi connectivity index (χ4v) is 2.72. The fraction of sp³-hybridized carbons (Fsp3) is 0.286. The molecule has 0 unspecified atom stereocenters. The lowest BCUT2D eigenvalue weighted by Gasteiger charge is -2.18. The van der Waals surface area contributed by atoms with Gasteiger partial charge < -0.3 is 14.8 Å². The van der Waals surface area contributed by atoms with Crippen molar-refractivity contribution in [1.82, 2.24) is 9.97 Å². The van der Waals surface area contributed by atoms with Crippen LogP contribution in [-0.4, -0.2) is 30.2 Å². The summed E-state index contributed by atoms with van der Waals surface area (Å²) in [4.78, 5) is 9.72. The van der Waals surface area contributed by atoms with Crippen molar-refractivity contribution in [3.8, 4) is 11.5 Å². The Hall–Kier alpha value is -1.95. The van der Waals surface area contributed by atoms with Crippen LogP contribution in [-0.2, 0) is 0 Å². The van der Waals surface area contributed by atoms with Crippen molar-refractivity contribution in [1.29, 1.82) is 0 Å². The molecule has 0 saturated carbocycles. The van der Waals surface area contributed by atoms with Gasteiger partial charge >= 0.3 is 0 Å². The van der Waals surface area contributed by atoms with Gasteiger partial charge in [0.1, 0.15) is 18.2 Å². The molecule has 1 aliphatic rings. The number of hydrogen-bond acceptors (Lipinski definition) is 6. The number of benzene rings is 1. The smallest absolute Gasteiger partial charge is 0.223 e. The number of anilines is 1. The molecule has 1 aromatic heterocycles. The van der Waals surface area contributed by atoms with E-state index in [0.717, 1.165) is 27.0 Å². The molecule has 0 aliphatic carbocycles. The average Bonchev–Trinajstić information content (AvgIpc) is 2.49. The largest absolute Gasteiger partial charge is 0.486 e. The van der Waals surface area contributed by atoms with Crippen molar-refractivity contribution in [2.45, 2.75) is 16.8 Å². The molecule has 6 heteroatoms. The second-order valence-electron chi connectivity index (χ2n) is 4.34. The second kappa shape index (κ2) is 5.58. The van der Waals surface area contributed by atoms with Crippen LogP contribution < -0.4 is 14.8 Å². The summed E-state index contributed by atoms with van der Waals surface area (Å²) in [6.45, 7) is 3.20.